The van der Waals surface area contributed by atoms with Crippen molar-refractivity contribution in [2.75, 3.05) is 0 Å². The third-order valence-electron chi connectivity index (χ3n) is 4.00. The van der Waals surface area contributed by atoms with E-state index in [4.69, 9.17) is 4.42 Å². The van der Waals surface area contributed by atoms with E-state index >= 15 is 0 Å². The van der Waals surface area contributed by atoms with Crippen molar-refractivity contribution < 1.29 is 18.0 Å². The number of halogens is 2. The van der Waals surface area contributed by atoms with Gasteiger partial charge in [0.25, 0.3) is 0 Å². The predicted octanol–water partition coefficient (Wildman–Crippen LogP) is 4.75. The molecule has 4 heteroatoms. The minimum absolute atomic E-state index is 0.144. The van der Waals surface area contributed by atoms with Gasteiger partial charge in [-0.2, -0.15) is 0 Å². The van der Waals surface area contributed by atoms with Crippen LogP contribution in [0.1, 0.15) is 41.8 Å². The largest absolute Gasteiger partial charge is 0.453 e. The number of carbonyl (C=O) groups excluding carboxylic acids is 1. The van der Waals surface area contributed by atoms with Crippen LogP contribution in [0.25, 0.3) is 11.0 Å². The van der Waals surface area contributed by atoms with Crippen LogP contribution < -0.4 is 0 Å². The number of Topliss-reactive ketones (excluding diaryl/α,β-unsaturated/α-hetero) is 1. The SMILES string of the molecule is Cc1ccc2oc(C(=O)C3CCC(F)(F)CC3)cc2c1. The molecule has 0 aliphatic heterocycles. The highest BCUT2D eigenvalue weighted by atomic mass is 19.3. The Morgan fingerprint density at radius 2 is 1.95 bits per heavy atom. The molecule has 2 aromatic rings. The number of hydrogen-bond donors (Lipinski definition) is 0. The smallest absolute Gasteiger partial charge is 0.248 e. The summed E-state index contributed by atoms with van der Waals surface area (Å²) in [7, 11) is 0. The molecule has 0 N–H and O–H groups in total. The predicted molar refractivity (Wildman–Crippen MR) is 72.2 cm³/mol. The second-order valence-electron chi connectivity index (χ2n) is 5.65. The van der Waals surface area contributed by atoms with Crippen LogP contribution in [0.4, 0.5) is 8.78 Å². The summed E-state index contributed by atoms with van der Waals surface area (Å²) in [5.41, 5.74) is 1.76. The first-order valence-corrected chi connectivity index (χ1v) is 6.87. The number of benzene rings is 1. The second-order valence-corrected chi connectivity index (χ2v) is 5.65. The Labute approximate surface area is 115 Å². The molecule has 0 spiro atoms. The third-order valence-corrected chi connectivity index (χ3v) is 4.00. The lowest BCUT2D eigenvalue weighted by atomic mass is 9.83. The molecule has 1 aliphatic rings. The highest BCUT2D eigenvalue weighted by molar-refractivity contribution is 5.99. The van der Waals surface area contributed by atoms with Gasteiger partial charge in [0.15, 0.2) is 5.76 Å². The lowest BCUT2D eigenvalue weighted by molar-refractivity contribution is -0.0426. The van der Waals surface area contributed by atoms with Crippen molar-refractivity contribution in [3.05, 3.63) is 35.6 Å². The number of aryl methyl sites for hydroxylation is 1. The van der Waals surface area contributed by atoms with Crippen molar-refractivity contribution in [1.82, 2.24) is 0 Å². The number of ketones is 1. The van der Waals surface area contributed by atoms with Gasteiger partial charge in [-0.1, -0.05) is 11.6 Å². The summed E-state index contributed by atoms with van der Waals surface area (Å²) in [5.74, 6) is -2.80. The van der Waals surface area contributed by atoms with Crippen molar-refractivity contribution in [2.24, 2.45) is 5.92 Å². The lowest BCUT2D eigenvalue weighted by Gasteiger charge is -2.26. The normalized spacial score (nSPS) is 19.4. The molecule has 20 heavy (non-hydrogen) atoms. The number of carbonyl (C=O) groups is 1. The Balaban J connectivity index is 1.82. The Bertz CT molecular complexity index is 648. The molecule has 1 aromatic heterocycles. The van der Waals surface area contributed by atoms with Crippen LogP contribution in [0.3, 0.4) is 0 Å². The molecule has 0 saturated heterocycles. The standard InChI is InChI=1S/C16H16F2O2/c1-10-2-3-13-12(8-10)9-14(20-13)15(19)11-4-6-16(17,18)7-5-11/h2-3,8-9,11H,4-7H2,1H3. The van der Waals surface area contributed by atoms with E-state index < -0.39 is 5.92 Å². The van der Waals surface area contributed by atoms with Gasteiger partial charge in [0.2, 0.25) is 11.7 Å². The zero-order valence-electron chi connectivity index (χ0n) is 11.3. The molecule has 1 aliphatic carbocycles. The van der Waals surface area contributed by atoms with E-state index in [2.05, 4.69) is 0 Å². The van der Waals surface area contributed by atoms with Gasteiger partial charge in [-0.05, 0) is 38.0 Å². The number of hydrogen-bond acceptors (Lipinski definition) is 2. The van der Waals surface area contributed by atoms with Gasteiger partial charge in [0.1, 0.15) is 5.58 Å². The Kier molecular flexibility index (Phi) is 3.11. The highest BCUT2D eigenvalue weighted by Gasteiger charge is 2.38. The summed E-state index contributed by atoms with van der Waals surface area (Å²) in [6, 6.07) is 7.42. The van der Waals surface area contributed by atoms with E-state index in [1.54, 1.807) is 6.07 Å². The van der Waals surface area contributed by atoms with Gasteiger partial charge < -0.3 is 4.42 Å². The van der Waals surface area contributed by atoms with Crippen LogP contribution in [-0.4, -0.2) is 11.7 Å². The Morgan fingerprint density at radius 3 is 2.65 bits per heavy atom. The molecule has 0 bridgehead atoms. The van der Waals surface area contributed by atoms with Crippen LogP contribution in [0.15, 0.2) is 28.7 Å². The fraction of sp³-hybridized carbons (Fsp3) is 0.438. The van der Waals surface area contributed by atoms with Crippen LogP contribution in [0, 0.1) is 12.8 Å². The average molecular weight is 278 g/mol. The maximum absolute atomic E-state index is 13.1. The lowest BCUT2D eigenvalue weighted by Crippen LogP contribution is -2.28. The van der Waals surface area contributed by atoms with E-state index in [9.17, 15) is 13.6 Å². The molecular weight excluding hydrogens is 262 g/mol. The number of alkyl halides is 2. The van der Waals surface area contributed by atoms with Gasteiger partial charge in [-0.15, -0.1) is 0 Å². The summed E-state index contributed by atoms with van der Waals surface area (Å²) < 4.78 is 31.8. The van der Waals surface area contributed by atoms with Crippen LogP contribution in [-0.2, 0) is 0 Å². The van der Waals surface area contributed by atoms with E-state index in [1.165, 1.54) is 0 Å². The van der Waals surface area contributed by atoms with Gasteiger partial charge in [-0.25, -0.2) is 8.78 Å². The zero-order valence-corrected chi connectivity index (χ0v) is 11.3. The quantitative estimate of drug-likeness (QED) is 0.742. The van der Waals surface area contributed by atoms with E-state index in [0.29, 0.717) is 11.3 Å². The molecule has 0 unspecified atom stereocenters. The molecule has 3 rings (SSSR count). The van der Waals surface area contributed by atoms with E-state index in [1.807, 2.05) is 25.1 Å². The minimum atomic E-state index is -2.61. The first kappa shape index (κ1) is 13.3. The maximum Gasteiger partial charge on any atom is 0.248 e. The summed E-state index contributed by atoms with van der Waals surface area (Å²) >= 11 is 0. The minimum Gasteiger partial charge on any atom is -0.453 e. The number of rotatable bonds is 2. The van der Waals surface area contributed by atoms with Crippen molar-refractivity contribution in [1.29, 1.82) is 0 Å². The monoisotopic (exact) mass is 278 g/mol. The van der Waals surface area contributed by atoms with Crippen LogP contribution >= 0.6 is 0 Å². The van der Waals surface area contributed by atoms with Gasteiger partial charge in [-0.3, -0.25) is 4.79 Å². The molecule has 1 heterocycles. The van der Waals surface area contributed by atoms with Crippen molar-refractivity contribution >= 4 is 16.8 Å². The third kappa shape index (κ3) is 2.47. The summed E-state index contributed by atoms with van der Waals surface area (Å²) in [6.07, 6.45) is 0.0648. The van der Waals surface area contributed by atoms with Crippen LogP contribution in [0.5, 0.6) is 0 Å². The van der Waals surface area contributed by atoms with Gasteiger partial charge in [0.05, 0.1) is 0 Å². The fourth-order valence-corrected chi connectivity index (χ4v) is 2.79. The van der Waals surface area contributed by atoms with Gasteiger partial charge >= 0.3 is 0 Å². The van der Waals surface area contributed by atoms with Crippen molar-refractivity contribution in [2.45, 2.75) is 38.5 Å². The molecule has 1 aromatic carbocycles. The molecule has 2 nitrogen and oxygen atoms in total. The first-order valence-electron chi connectivity index (χ1n) is 6.87. The summed E-state index contributed by atoms with van der Waals surface area (Å²) in [6.45, 7) is 1.97. The van der Waals surface area contributed by atoms with E-state index in [0.717, 1.165) is 10.9 Å². The molecule has 0 amide bonds. The number of fused-ring (bicyclic) bond motifs is 1. The van der Waals surface area contributed by atoms with Crippen molar-refractivity contribution in [3.8, 4) is 0 Å². The maximum atomic E-state index is 13.1. The zero-order chi connectivity index (χ0) is 14.3. The molecular formula is C16H16F2O2. The average Bonchev–Trinajstić information content (AvgIpc) is 2.80. The fourth-order valence-electron chi connectivity index (χ4n) is 2.79. The van der Waals surface area contributed by atoms with Crippen molar-refractivity contribution in [3.63, 3.8) is 0 Å². The first-order chi connectivity index (χ1) is 9.44. The second kappa shape index (κ2) is 4.69. The highest BCUT2D eigenvalue weighted by Crippen LogP contribution is 2.38. The Morgan fingerprint density at radius 1 is 1.25 bits per heavy atom. The van der Waals surface area contributed by atoms with Gasteiger partial charge in [0, 0.05) is 24.1 Å². The van der Waals surface area contributed by atoms with E-state index in [-0.39, 0.29) is 37.4 Å². The Hall–Kier alpha value is -1.71. The number of furan rings is 1. The molecule has 0 atom stereocenters. The summed E-state index contributed by atoms with van der Waals surface area (Å²) in [4.78, 5) is 12.3. The molecule has 1 fully saturated rings. The molecule has 1 saturated carbocycles. The molecule has 0 radical (unpaired) electrons. The molecule has 106 valence electrons. The van der Waals surface area contributed by atoms with Crippen LogP contribution in [0.2, 0.25) is 0 Å². The topological polar surface area (TPSA) is 30.2 Å². The summed E-state index contributed by atoms with van der Waals surface area (Å²) in [5, 5.41) is 0.884.